The van der Waals surface area contributed by atoms with Gasteiger partial charge in [0.1, 0.15) is 5.60 Å². The van der Waals surface area contributed by atoms with Crippen molar-refractivity contribution >= 4 is 28.7 Å². The van der Waals surface area contributed by atoms with Crippen molar-refractivity contribution in [3.63, 3.8) is 0 Å². The second-order valence-corrected chi connectivity index (χ2v) is 5.66. The van der Waals surface area contributed by atoms with Crippen LogP contribution in [0.2, 0.25) is 5.15 Å². The van der Waals surface area contributed by atoms with Crippen molar-refractivity contribution in [2.45, 2.75) is 32.9 Å². The fourth-order valence-corrected chi connectivity index (χ4v) is 1.80. The van der Waals surface area contributed by atoms with Gasteiger partial charge < -0.3 is 10.1 Å². The van der Waals surface area contributed by atoms with Crippen LogP contribution in [-0.2, 0) is 11.3 Å². The number of amides is 1. The predicted octanol–water partition coefficient (Wildman–Crippen LogP) is 3.31. The molecule has 1 aromatic carbocycles. The lowest BCUT2D eigenvalue weighted by atomic mass is 10.2. The Balaban J connectivity index is 2.10. The minimum Gasteiger partial charge on any atom is -0.444 e. The normalized spacial score (nSPS) is 11.4. The van der Waals surface area contributed by atoms with E-state index in [1.165, 1.54) is 0 Å². The first-order chi connectivity index (χ1) is 9.35. The fourth-order valence-electron chi connectivity index (χ4n) is 1.60. The molecule has 1 aromatic heterocycles. The zero-order valence-corrected chi connectivity index (χ0v) is 12.4. The SMILES string of the molecule is CC(C)(C)OC(=O)NCc1nc2ccccc2nc1Cl. The molecule has 2 aromatic rings. The summed E-state index contributed by atoms with van der Waals surface area (Å²) in [5.41, 5.74) is 1.43. The lowest BCUT2D eigenvalue weighted by Gasteiger charge is -2.19. The van der Waals surface area contributed by atoms with Gasteiger partial charge in [-0.15, -0.1) is 0 Å². The zero-order chi connectivity index (χ0) is 14.8. The maximum Gasteiger partial charge on any atom is 0.407 e. The summed E-state index contributed by atoms with van der Waals surface area (Å²) in [5.74, 6) is 0. The molecule has 6 heteroatoms. The molecule has 0 saturated heterocycles. The van der Waals surface area contributed by atoms with Gasteiger partial charge in [-0.05, 0) is 32.9 Å². The van der Waals surface area contributed by atoms with E-state index < -0.39 is 11.7 Å². The summed E-state index contributed by atoms with van der Waals surface area (Å²) in [6, 6.07) is 7.41. The Morgan fingerprint density at radius 3 is 2.45 bits per heavy atom. The van der Waals surface area contributed by atoms with Crippen LogP contribution in [0, 0.1) is 0 Å². The van der Waals surface area contributed by atoms with Crippen molar-refractivity contribution in [1.82, 2.24) is 15.3 Å². The number of rotatable bonds is 2. The number of para-hydroxylation sites is 2. The summed E-state index contributed by atoms with van der Waals surface area (Å²) < 4.78 is 5.15. The van der Waals surface area contributed by atoms with Crippen molar-refractivity contribution in [3.8, 4) is 0 Å². The van der Waals surface area contributed by atoms with E-state index in [4.69, 9.17) is 16.3 Å². The van der Waals surface area contributed by atoms with Gasteiger partial charge in [0.25, 0.3) is 0 Å². The van der Waals surface area contributed by atoms with Crippen LogP contribution in [0.5, 0.6) is 0 Å². The lowest BCUT2D eigenvalue weighted by Crippen LogP contribution is -2.32. The third-order valence-electron chi connectivity index (χ3n) is 2.39. The number of hydrogen-bond acceptors (Lipinski definition) is 4. The van der Waals surface area contributed by atoms with Gasteiger partial charge in [0.05, 0.1) is 23.3 Å². The molecule has 0 unspecified atom stereocenters. The first-order valence-corrected chi connectivity index (χ1v) is 6.61. The predicted molar refractivity (Wildman–Crippen MR) is 77.6 cm³/mol. The lowest BCUT2D eigenvalue weighted by molar-refractivity contribution is 0.0523. The average molecular weight is 294 g/mol. The Bertz CT molecular complexity index is 638. The van der Waals surface area contributed by atoms with Crippen LogP contribution in [0.1, 0.15) is 26.5 Å². The van der Waals surface area contributed by atoms with E-state index in [-0.39, 0.29) is 11.7 Å². The van der Waals surface area contributed by atoms with E-state index in [1.54, 1.807) is 20.8 Å². The van der Waals surface area contributed by atoms with Gasteiger partial charge in [-0.2, -0.15) is 0 Å². The first kappa shape index (κ1) is 14.5. The standard InChI is InChI=1S/C14H16ClN3O2/c1-14(2,3)20-13(19)16-8-11-12(15)18-10-7-5-4-6-9(10)17-11/h4-7H,8H2,1-3H3,(H,16,19). The van der Waals surface area contributed by atoms with E-state index in [0.717, 1.165) is 11.0 Å². The Morgan fingerprint density at radius 1 is 1.25 bits per heavy atom. The smallest absolute Gasteiger partial charge is 0.407 e. The monoisotopic (exact) mass is 293 g/mol. The second-order valence-electron chi connectivity index (χ2n) is 5.31. The van der Waals surface area contributed by atoms with E-state index in [1.807, 2.05) is 24.3 Å². The number of carbonyl (C=O) groups is 1. The Morgan fingerprint density at radius 2 is 1.85 bits per heavy atom. The van der Waals surface area contributed by atoms with Crippen molar-refractivity contribution in [1.29, 1.82) is 0 Å². The molecule has 0 fully saturated rings. The molecular weight excluding hydrogens is 278 g/mol. The van der Waals surface area contributed by atoms with Crippen molar-refractivity contribution in [2.75, 3.05) is 0 Å². The van der Waals surface area contributed by atoms with Gasteiger partial charge in [0.15, 0.2) is 5.15 Å². The molecule has 20 heavy (non-hydrogen) atoms. The van der Waals surface area contributed by atoms with Gasteiger partial charge in [-0.3, -0.25) is 0 Å². The molecule has 5 nitrogen and oxygen atoms in total. The van der Waals surface area contributed by atoms with Gasteiger partial charge in [-0.1, -0.05) is 23.7 Å². The second kappa shape index (κ2) is 5.63. The maximum atomic E-state index is 11.6. The van der Waals surface area contributed by atoms with Crippen molar-refractivity contribution in [3.05, 3.63) is 35.1 Å². The largest absolute Gasteiger partial charge is 0.444 e. The van der Waals surface area contributed by atoms with Crippen LogP contribution in [-0.4, -0.2) is 21.7 Å². The minimum atomic E-state index is -0.539. The summed E-state index contributed by atoms with van der Waals surface area (Å²) in [6.07, 6.45) is -0.511. The van der Waals surface area contributed by atoms with E-state index in [2.05, 4.69) is 15.3 Å². The highest BCUT2D eigenvalue weighted by atomic mass is 35.5. The fraction of sp³-hybridized carbons (Fsp3) is 0.357. The van der Waals surface area contributed by atoms with Gasteiger partial charge in [-0.25, -0.2) is 14.8 Å². The van der Waals surface area contributed by atoms with E-state index in [0.29, 0.717) is 5.69 Å². The molecule has 0 aliphatic heterocycles. The number of hydrogen-bond donors (Lipinski definition) is 1. The Labute approximate surface area is 122 Å². The number of halogens is 1. The molecule has 2 rings (SSSR count). The average Bonchev–Trinajstić information content (AvgIpc) is 2.34. The molecule has 0 aliphatic rings. The first-order valence-electron chi connectivity index (χ1n) is 6.23. The molecule has 106 valence electrons. The number of aromatic nitrogens is 2. The third-order valence-corrected chi connectivity index (χ3v) is 2.70. The summed E-state index contributed by atoms with van der Waals surface area (Å²) in [6.45, 7) is 5.58. The molecule has 0 spiro atoms. The Hall–Kier alpha value is -1.88. The van der Waals surface area contributed by atoms with E-state index in [9.17, 15) is 4.79 Å². The number of alkyl carbamates (subject to hydrolysis) is 1. The topological polar surface area (TPSA) is 64.1 Å². The number of nitrogens with one attached hydrogen (secondary N) is 1. The summed E-state index contributed by atoms with van der Waals surface area (Å²) in [5, 5.41) is 2.89. The molecule has 1 amide bonds. The highest BCUT2D eigenvalue weighted by molar-refractivity contribution is 6.30. The zero-order valence-electron chi connectivity index (χ0n) is 11.6. The van der Waals surface area contributed by atoms with Gasteiger partial charge in [0.2, 0.25) is 0 Å². The van der Waals surface area contributed by atoms with Crippen LogP contribution in [0.3, 0.4) is 0 Å². The Kier molecular flexibility index (Phi) is 4.09. The summed E-state index contributed by atoms with van der Waals surface area (Å²) in [4.78, 5) is 20.2. The third kappa shape index (κ3) is 3.81. The quantitative estimate of drug-likeness (QED) is 0.922. The van der Waals surface area contributed by atoms with Gasteiger partial charge >= 0.3 is 6.09 Å². The molecular formula is C14H16ClN3O2. The van der Waals surface area contributed by atoms with Gasteiger partial charge in [0, 0.05) is 0 Å². The number of carbonyl (C=O) groups excluding carboxylic acids is 1. The molecule has 0 atom stereocenters. The molecule has 1 N–H and O–H groups in total. The number of ether oxygens (including phenoxy) is 1. The number of benzene rings is 1. The van der Waals surface area contributed by atoms with Crippen LogP contribution in [0.4, 0.5) is 4.79 Å². The maximum absolute atomic E-state index is 11.6. The molecule has 0 aliphatic carbocycles. The summed E-state index contributed by atoms with van der Waals surface area (Å²) in [7, 11) is 0. The highest BCUT2D eigenvalue weighted by Crippen LogP contribution is 2.16. The van der Waals surface area contributed by atoms with E-state index >= 15 is 0 Å². The molecule has 0 bridgehead atoms. The minimum absolute atomic E-state index is 0.172. The number of nitrogens with zero attached hydrogens (tertiary/aromatic N) is 2. The molecule has 1 heterocycles. The molecule has 0 saturated carbocycles. The van der Waals surface area contributed by atoms with Crippen molar-refractivity contribution < 1.29 is 9.53 Å². The molecule has 0 radical (unpaired) electrons. The van der Waals surface area contributed by atoms with Crippen LogP contribution in [0.15, 0.2) is 24.3 Å². The van der Waals surface area contributed by atoms with Crippen LogP contribution < -0.4 is 5.32 Å². The summed E-state index contributed by atoms with van der Waals surface area (Å²) >= 11 is 6.05. The van der Waals surface area contributed by atoms with Crippen LogP contribution in [0.25, 0.3) is 11.0 Å². The van der Waals surface area contributed by atoms with Crippen LogP contribution >= 0.6 is 11.6 Å². The van der Waals surface area contributed by atoms with Crippen molar-refractivity contribution in [2.24, 2.45) is 0 Å². The highest BCUT2D eigenvalue weighted by Gasteiger charge is 2.16. The number of fused-ring (bicyclic) bond motifs is 1.